The molecule has 2 N–H and O–H groups in total. The van der Waals surface area contributed by atoms with Gasteiger partial charge in [0.15, 0.2) is 5.69 Å². The van der Waals surface area contributed by atoms with Crippen molar-refractivity contribution < 1.29 is 26.6 Å². The number of benzene rings is 1. The molecule has 0 spiro atoms. The molecule has 0 aliphatic carbocycles. The van der Waals surface area contributed by atoms with Gasteiger partial charge in [-0.3, -0.25) is 0 Å². The zero-order valence-corrected chi connectivity index (χ0v) is 11.8. The van der Waals surface area contributed by atoms with Crippen LogP contribution in [0.1, 0.15) is 15.5 Å². The van der Waals surface area contributed by atoms with E-state index in [2.05, 4.69) is 4.98 Å². The Morgan fingerprint density at radius 1 is 1.44 bits per heavy atom. The van der Waals surface area contributed by atoms with E-state index in [-0.39, 0.29) is 17.1 Å². The third-order valence-corrected chi connectivity index (χ3v) is 3.28. The molecule has 0 amide bonds. The molecule has 0 aliphatic heterocycles. The quantitative estimate of drug-likeness (QED) is 0.526. The molecule has 0 aliphatic rings. The van der Waals surface area contributed by atoms with Gasteiger partial charge in [-0.1, -0.05) is 12.1 Å². The number of carbonyl (C=O) groups excluding carboxylic acids is 1. The Balaban J connectivity index is 0.00000162. The van der Waals surface area contributed by atoms with Crippen molar-refractivity contribution in [2.75, 3.05) is 12.8 Å². The summed E-state index contributed by atoms with van der Waals surface area (Å²) in [6.07, 6.45) is 0. The second-order valence-corrected chi connectivity index (χ2v) is 4.73. The Morgan fingerprint density at radius 3 is 2.78 bits per heavy atom. The summed E-state index contributed by atoms with van der Waals surface area (Å²) in [5.41, 5.74) is 7.62. The molecule has 18 heavy (non-hydrogen) atoms. The Kier molecular flexibility index (Phi) is 4.90. The first-order valence-corrected chi connectivity index (χ1v) is 5.85. The summed E-state index contributed by atoms with van der Waals surface area (Å²) in [7, 11) is 1.35. The van der Waals surface area contributed by atoms with Crippen molar-refractivity contribution in [3.05, 3.63) is 35.0 Å². The van der Waals surface area contributed by atoms with E-state index in [1.807, 2.05) is 25.1 Å². The van der Waals surface area contributed by atoms with Gasteiger partial charge < -0.3 is 10.5 Å². The van der Waals surface area contributed by atoms with Gasteiger partial charge in [0.05, 0.1) is 17.0 Å². The van der Waals surface area contributed by atoms with Crippen molar-refractivity contribution in [3.8, 4) is 10.4 Å². The fraction of sp³-hybridized carbons (Fsp3) is 0.167. The molecule has 0 bridgehead atoms. The number of ether oxygens (including phenoxy) is 1. The van der Waals surface area contributed by atoms with Gasteiger partial charge in [-0.25, -0.2) is 9.78 Å². The van der Waals surface area contributed by atoms with E-state index in [4.69, 9.17) is 10.5 Å². The normalized spacial score (nSPS) is 9.67. The van der Waals surface area contributed by atoms with Crippen LogP contribution in [0.4, 0.5) is 5.69 Å². The van der Waals surface area contributed by atoms with Crippen LogP contribution in [-0.2, 0) is 21.8 Å². The second kappa shape index (κ2) is 6.00. The third kappa shape index (κ3) is 2.90. The molecule has 0 radical (unpaired) electrons. The number of rotatable bonds is 2. The number of aryl methyl sites for hydroxylation is 1. The molecule has 0 fully saturated rings. The van der Waals surface area contributed by atoms with Crippen LogP contribution in [0.5, 0.6) is 0 Å². The van der Waals surface area contributed by atoms with Crippen molar-refractivity contribution in [3.63, 3.8) is 0 Å². The van der Waals surface area contributed by atoms with Crippen molar-refractivity contribution in [2.24, 2.45) is 0 Å². The Hall–Kier alpha value is -1.36. The molecule has 96 valence electrons. The Morgan fingerprint density at radius 2 is 2.17 bits per heavy atom. The largest absolute Gasteiger partial charge is 0.464 e. The number of thiazole rings is 1. The third-order valence-electron chi connectivity index (χ3n) is 2.26. The maximum Gasteiger partial charge on any atom is 0.358 e. The summed E-state index contributed by atoms with van der Waals surface area (Å²) in [4.78, 5) is 16.6. The fourth-order valence-electron chi connectivity index (χ4n) is 1.54. The number of hydrogen-bond acceptors (Lipinski definition) is 5. The number of methoxy groups -OCH3 is 1. The van der Waals surface area contributed by atoms with E-state index in [0.29, 0.717) is 11.4 Å². The molecule has 1 heterocycles. The summed E-state index contributed by atoms with van der Waals surface area (Å²) in [5.74, 6) is -0.424. The first-order valence-electron chi connectivity index (χ1n) is 5.03. The zero-order valence-electron chi connectivity index (χ0n) is 9.91. The van der Waals surface area contributed by atoms with Gasteiger partial charge in [0.1, 0.15) is 0 Å². The molecular weight excluding hydrogens is 292 g/mol. The summed E-state index contributed by atoms with van der Waals surface area (Å²) in [5, 5.41) is 0.822. The van der Waals surface area contributed by atoms with E-state index < -0.39 is 5.97 Å². The first kappa shape index (κ1) is 14.7. The molecule has 0 saturated heterocycles. The molecular formula is C12H12FeN2O2S. The number of nitrogens with zero attached hydrogens (tertiary/aromatic N) is 1. The molecule has 0 saturated carbocycles. The van der Waals surface area contributed by atoms with Crippen LogP contribution in [-0.4, -0.2) is 18.1 Å². The van der Waals surface area contributed by atoms with E-state index in [9.17, 15) is 4.79 Å². The van der Waals surface area contributed by atoms with Gasteiger partial charge in [-0.2, -0.15) is 0 Å². The summed E-state index contributed by atoms with van der Waals surface area (Å²) in [6, 6.07) is 7.37. The molecule has 4 nitrogen and oxygen atoms in total. The van der Waals surface area contributed by atoms with Gasteiger partial charge in [0, 0.05) is 22.8 Å². The summed E-state index contributed by atoms with van der Waals surface area (Å²) in [6.45, 7) is 1.85. The minimum atomic E-state index is -0.424. The van der Waals surface area contributed by atoms with E-state index in [0.717, 1.165) is 15.4 Å². The van der Waals surface area contributed by atoms with Crippen LogP contribution in [0.3, 0.4) is 0 Å². The molecule has 1 aromatic heterocycles. The van der Waals surface area contributed by atoms with Crippen LogP contribution in [0, 0.1) is 6.92 Å². The number of aromatic nitrogens is 1. The van der Waals surface area contributed by atoms with Gasteiger partial charge >= 0.3 is 5.97 Å². The molecule has 6 heteroatoms. The Labute approximate surface area is 120 Å². The smallest absolute Gasteiger partial charge is 0.358 e. The number of anilines is 1. The number of esters is 1. The second-order valence-electron chi connectivity index (χ2n) is 3.53. The predicted octanol–water partition coefficient (Wildman–Crippen LogP) is 2.48. The maximum atomic E-state index is 11.6. The number of hydrogen-bond donors (Lipinski definition) is 1. The minimum Gasteiger partial charge on any atom is -0.464 e. The molecule has 2 aromatic rings. The summed E-state index contributed by atoms with van der Waals surface area (Å²) >= 11 is 1.45. The summed E-state index contributed by atoms with van der Waals surface area (Å²) < 4.78 is 4.72. The SMILES string of the molecule is COC(=O)c1nc(C)sc1-c1cccc(N)c1.[Fe]. The van der Waals surface area contributed by atoms with Crippen LogP contribution in [0.2, 0.25) is 0 Å². The van der Waals surface area contributed by atoms with Crippen LogP contribution in [0.15, 0.2) is 24.3 Å². The monoisotopic (exact) mass is 304 g/mol. The molecule has 1 aromatic carbocycles. The zero-order chi connectivity index (χ0) is 12.4. The van der Waals surface area contributed by atoms with Crippen molar-refractivity contribution in [1.29, 1.82) is 0 Å². The van der Waals surface area contributed by atoms with Crippen molar-refractivity contribution in [2.45, 2.75) is 6.92 Å². The first-order chi connectivity index (χ1) is 8.11. The predicted molar refractivity (Wildman–Crippen MR) is 68.0 cm³/mol. The Bertz CT molecular complexity index is 569. The molecule has 2 rings (SSSR count). The number of nitrogens with two attached hydrogens (primary N) is 1. The minimum absolute atomic E-state index is 0. The van der Waals surface area contributed by atoms with E-state index >= 15 is 0 Å². The van der Waals surface area contributed by atoms with E-state index in [1.54, 1.807) is 6.07 Å². The number of carbonyl (C=O) groups is 1. The van der Waals surface area contributed by atoms with Gasteiger partial charge in [-0.15, -0.1) is 11.3 Å². The number of nitrogen functional groups attached to an aromatic ring is 1. The van der Waals surface area contributed by atoms with Crippen molar-refractivity contribution >= 4 is 23.0 Å². The van der Waals surface area contributed by atoms with E-state index in [1.165, 1.54) is 18.4 Å². The van der Waals surface area contributed by atoms with Crippen LogP contribution < -0.4 is 5.73 Å². The average molecular weight is 304 g/mol. The average Bonchev–Trinajstić information content (AvgIpc) is 2.70. The van der Waals surface area contributed by atoms with Gasteiger partial charge in [0.25, 0.3) is 0 Å². The fourth-order valence-corrected chi connectivity index (χ4v) is 2.44. The van der Waals surface area contributed by atoms with Crippen molar-refractivity contribution in [1.82, 2.24) is 4.98 Å². The van der Waals surface area contributed by atoms with Gasteiger partial charge in [-0.05, 0) is 24.6 Å². The standard InChI is InChI=1S/C12H12N2O2S.Fe/c1-7-14-10(12(15)16-2)11(17-7)8-4-3-5-9(13)6-8;/h3-6H,13H2,1-2H3;. The van der Waals surface area contributed by atoms with Gasteiger partial charge in [0.2, 0.25) is 0 Å². The van der Waals surface area contributed by atoms with Crippen LogP contribution >= 0.6 is 11.3 Å². The maximum absolute atomic E-state index is 11.6. The molecule has 0 unspecified atom stereocenters. The van der Waals surface area contributed by atoms with Crippen LogP contribution in [0.25, 0.3) is 10.4 Å². The topological polar surface area (TPSA) is 65.2 Å². The molecule has 0 atom stereocenters.